The van der Waals surface area contributed by atoms with Crippen molar-refractivity contribution in [3.8, 4) is 0 Å². The van der Waals surface area contributed by atoms with E-state index in [9.17, 15) is 0 Å². The van der Waals surface area contributed by atoms with Gasteiger partial charge in [0.05, 0.1) is 5.41 Å². The first-order valence-corrected chi connectivity index (χ1v) is 6.29. The molecule has 1 nitrogen and oxygen atoms in total. The lowest BCUT2D eigenvalue weighted by molar-refractivity contribution is 0.235. The summed E-state index contributed by atoms with van der Waals surface area (Å²) in [7, 11) is 0. The highest BCUT2D eigenvalue weighted by Gasteiger charge is 3.13. The first-order valence-electron chi connectivity index (χ1n) is 4.78. The minimum Gasteiger partial charge on any atom is -0.292 e. The predicted molar refractivity (Wildman–Crippen MR) is 62.6 cm³/mol. The minimum absolute atomic E-state index is 0.384. The maximum atomic E-state index is 6.23. The Morgan fingerprint density at radius 1 is 0.929 bits per heavy atom. The van der Waals surface area contributed by atoms with Crippen LogP contribution in [-0.4, -0.2) is 32.2 Å². The fourth-order valence-electron chi connectivity index (χ4n) is 2.96. The smallest absolute Gasteiger partial charge is 0.150 e. The molecule has 0 heterocycles. The molecule has 2 rings (SSSR count). The van der Waals surface area contributed by atoms with Gasteiger partial charge < -0.3 is 0 Å². The highest BCUT2D eigenvalue weighted by Crippen LogP contribution is 2.99. The van der Waals surface area contributed by atoms with Crippen molar-refractivity contribution in [3.63, 3.8) is 0 Å². The average molecular weight is 277 g/mol. The third-order valence-corrected chi connectivity index (χ3v) is 6.61. The molecule has 0 N–H and O–H groups in total. The van der Waals surface area contributed by atoms with Crippen molar-refractivity contribution in [1.29, 1.82) is 0 Å². The molecule has 2 saturated carbocycles. The molecule has 0 atom stereocenters. The molecule has 2 fully saturated rings. The Kier molecular flexibility index (Phi) is 2.22. The van der Waals surface area contributed by atoms with Crippen LogP contribution in [0.2, 0.25) is 0 Å². The van der Waals surface area contributed by atoms with Crippen LogP contribution in [0.5, 0.6) is 0 Å². The molecule has 0 bridgehead atoms. The minimum atomic E-state index is -0.796. The molecule has 2 aliphatic carbocycles. The summed E-state index contributed by atoms with van der Waals surface area (Å²) < 4.78 is -1.59. The van der Waals surface area contributed by atoms with Gasteiger partial charge in [0, 0.05) is 0 Å². The van der Waals surface area contributed by atoms with Crippen LogP contribution in [0.1, 0.15) is 20.8 Å². The lowest BCUT2D eigenvalue weighted by Crippen LogP contribution is -2.45. The predicted octanol–water partition coefficient (Wildman–Crippen LogP) is 3.45. The highest BCUT2D eigenvalue weighted by atomic mass is 35.5. The quantitative estimate of drug-likeness (QED) is 0.714. The van der Waals surface area contributed by atoms with Crippen molar-refractivity contribution in [2.45, 2.75) is 35.0 Å². The highest BCUT2D eigenvalue weighted by molar-refractivity contribution is 6.66. The summed E-state index contributed by atoms with van der Waals surface area (Å²) in [5, 5.41) is 0. The molecule has 0 aromatic rings. The molecule has 82 valence electrons. The largest absolute Gasteiger partial charge is 0.292 e. The lowest BCUT2D eigenvalue weighted by Gasteiger charge is -2.32. The molecule has 5 heteroatoms. The molecule has 0 aromatic carbocycles. The number of hydrogen-bond donors (Lipinski definition) is 0. The third-order valence-electron chi connectivity index (χ3n) is 4.00. The van der Waals surface area contributed by atoms with Crippen LogP contribution >= 0.6 is 46.4 Å². The summed E-state index contributed by atoms with van der Waals surface area (Å²) in [6, 6.07) is 0. The van der Waals surface area contributed by atoms with E-state index in [1.54, 1.807) is 0 Å². The van der Waals surface area contributed by atoms with Gasteiger partial charge in [0.25, 0.3) is 0 Å². The van der Waals surface area contributed by atoms with E-state index in [1.165, 1.54) is 0 Å². The summed E-state index contributed by atoms with van der Waals surface area (Å²) in [6.45, 7) is 7.78. The molecule has 14 heavy (non-hydrogen) atoms. The number of nitrogens with zero attached hydrogens (tertiary/aromatic N) is 1. The summed E-state index contributed by atoms with van der Waals surface area (Å²) in [6.07, 6.45) is 0. The first kappa shape index (κ1) is 11.6. The number of rotatable bonds is 3. The van der Waals surface area contributed by atoms with Gasteiger partial charge in [-0.15, -0.1) is 0 Å². The lowest BCUT2D eigenvalue weighted by atomic mass is 10.2. The van der Waals surface area contributed by atoms with Crippen LogP contribution in [0.15, 0.2) is 0 Å². The Morgan fingerprint density at radius 3 is 1.36 bits per heavy atom. The van der Waals surface area contributed by atoms with E-state index in [1.807, 2.05) is 6.92 Å². The van der Waals surface area contributed by atoms with Gasteiger partial charge in [0.1, 0.15) is 14.2 Å². The molecule has 2 aliphatic rings. The van der Waals surface area contributed by atoms with Gasteiger partial charge in [-0.05, 0) is 13.1 Å². The van der Waals surface area contributed by atoms with E-state index in [0.29, 0.717) is 0 Å². The summed E-state index contributed by atoms with van der Waals surface area (Å²) in [4.78, 5) is 2.16. The van der Waals surface area contributed by atoms with Gasteiger partial charge in [-0.25, -0.2) is 0 Å². The van der Waals surface area contributed by atoms with Crippen molar-refractivity contribution >= 4 is 46.4 Å². The van der Waals surface area contributed by atoms with Gasteiger partial charge in [-0.3, -0.25) is 4.90 Å². The second-order valence-electron chi connectivity index (χ2n) is 4.16. The standard InChI is InChI=1S/C9H13Cl4N/c1-4-14(5-2)7-6(3,8(7,10)11)9(7,12)13/h4-5H2,1-3H3. The van der Waals surface area contributed by atoms with Crippen molar-refractivity contribution in [2.24, 2.45) is 5.41 Å². The molecule has 0 radical (unpaired) electrons. The number of halogens is 4. The van der Waals surface area contributed by atoms with Crippen molar-refractivity contribution in [1.82, 2.24) is 4.90 Å². The van der Waals surface area contributed by atoms with E-state index in [4.69, 9.17) is 46.4 Å². The Balaban J connectivity index is 2.35. The van der Waals surface area contributed by atoms with Gasteiger partial charge >= 0.3 is 0 Å². The molecule has 0 saturated heterocycles. The number of alkyl halides is 4. The Bertz CT molecular complexity index is 267. The normalized spacial score (nSPS) is 46.3. The second-order valence-corrected chi connectivity index (χ2v) is 6.81. The van der Waals surface area contributed by atoms with Gasteiger partial charge in [0.2, 0.25) is 0 Å². The van der Waals surface area contributed by atoms with Gasteiger partial charge in [-0.1, -0.05) is 67.2 Å². The van der Waals surface area contributed by atoms with Crippen LogP contribution in [0.4, 0.5) is 0 Å². The molecular weight excluding hydrogens is 264 g/mol. The molecule has 0 aromatic heterocycles. The Morgan fingerprint density at radius 2 is 1.29 bits per heavy atom. The summed E-state index contributed by atoms with van der Waals surface area (Å²) in [5.41, 5.74) is -0.825. The van der Waals surface area contributed by atoms with Crippen molar-refractivity contribution in [3.05, 3.63) is 0 Å². The summed E-state index contributed by atoms with van der Waals surface area (Å²) >= 11 is 24.9. The number of fused-ring (bicyclic) bond motifs is 1. The van der Waals surface area contributed by atoms with E-state index in [2.05, 4.69) is 18.7 Å². The molecule has 0 spiro atoms. The van der Waals surface area contributed by atoms with Crippen LogP contribution in [-0.2, 0) is 0 Å². The van der Waals surface area contributed by atoms with Crippen molar-refractivity contribution < 1.29 is 0 Å². The van der Waals surface area contributed by atoms with Crippen LogP contribution in [0, 0.1) is 5.41 Å². The Hall–Kier alpha value is 1.12. The van der Waals surface area contributed by atoms with E-state index >= 15 is 0 Å². The topological polar surface area (TPSA) is 3.24 Å². The van der Waals surface area contributed by atoms with Crippen molar-refractivity contribution in [2.75, 3.05) is 13.1 Å². The molecule has 0 unspecified atom stereocenters. The van der Waals surface area contributed by atoms with Gasteiger partial charge in [-0.2, -0.15) is 0 Å². The third kappa shape index (κ3) is 0.709. The maximum absolute atomic E-state index is 6.23. The number of hydrogen-bond acceptors (Lipinski definition) is 1. The monoisotopic (exact) mass is 275 g/mol. The zero-order valence-electron chi connectivity index (χ0n) is 8.37. The maximum Gasteiger partial charge on any atom is 0.150 e. The fourth-order valence-corrected chi connectivity index (χ4v) is 6.07. The van der Waals surface area contributed by atoms with E-state index in [-0.39, 0.29) is 5.41 Å². The molecule has 0 amide bonds. The van der Waals surface area contributed by atoms with E-state index < -0.39 is 14.2 Å². The summed E-state index contributed by atoms with van der Waals surface area (Å²) in [5.74, 6) is 0. The molecular formula is C9H13Cl4N. The zero-order valence-corrected chi connectivity index (χ0v) is 11.4. The fraction of sp³-hybridized carbons (Fsp3) is 1.00. The first-order chi connectivity index (χ1) is 6.27. The van der Waals surface area contributed by atoms with E-state index in [0.717, 1.165) is 13.1 Å². The van der Waals surface area contributed by atoms with Crippen LogP contribution in [0.25, 0.3) is 0 Å². The van der Waals surface area contributed by atoms with Crippen LogP contribution < -0.4 is 0 Å². The second kappa shape index (κ2) is 2.68. The molecule has 0 aliphatic heterocycles. The average Bonchev–Trinajstić information content (AvgIpc) is 2.69. The van der Waals surface area contributed by atoms with Gasteiger partial charge in [0.15, 0.2) is 0 Å². The zero-order chi connectivity index (χ0) is 11.0. The Labute approximate surface area is 105 Å². The SMILES string of the molecule is CCN(CC)C12C(Cl)(Cl)C1(C)C2(Cl)Cl. The van der Waals surface area contributed by atoms with Crippen LogP contribution in [0.3, 0.4) is 0 Å².